The smallest absolute Gasteiger partial charge is 0.325 e. The van der Waals surface area contributed by atoms with Gasteiger partial charge in [0.1, 0.15) is 6.04 Å². The van der Waals surface area contributed by atoms with E-state index < -0.39 is 12.0 Å². The van der Waals surface area contributed by atoms with Crippen molar-refractivity contribution in [3.05, 3.63) is 35.4 Å². The Kier molecular flexibility index (Phi) is 3.25. The fraction of sp³-hybridized carbons (Fsp3) is 0.462. The standard InChI is InChI=1S/C13H17NO2/c1-2-14-12(13(15)16)11-7-5-10(6-8-11)9-3-4-9/h5-9,12,14H,2-4H2,1H3,(H,15,16). The van der Waals surface area contributed by atoms with Gasteiger partial charge in [0.05, 0.1) is 0 Å². The molecule has 1 aromatic rings. The molecule has 1 atom stereocenters. The summed E-state index contributed by atoms with van der Waals surface area (Å²) in [7, 11) is 0. The maximum Gasteiger partial charge on any atom is 0.325 e. The number of rotatable bonds is 5. The quantitative estimate of drug-likeness (QED) is 0.799. The van der Waals surface area contributed by atoms with Crippen LogP contribution in [0.15, 0.2) is 24.3 Å². The lowest BCUT2D eigenvalue weighted by Gasteiger charge is -2.13. The van der Waals surface area contributed by atoms with Crippen LogP contribution in [0.4, 0.5) is 0 Å². The minimum Gasteiger partial charge on any atom is -0.480 e. The molecule has 1 saturated carbocycles. The lowest BCUT2D eigenvalue weighted by molar-refractivity contribution is -0.139. The van der Waals surface area contributed by atoms with Gasteiger partial charge in [0, 0.05) is 0 Å². The molecule has 2 rings (SSSR count). The molecule has 86 valence electrons. The number of nitrogens with one attached hydrogen (secondary N) is 1. The predicted octanol–water partition coefficient (Wildman–Crippen LogP) is 2.30. The number of hydrogen-bond donors (Lipinski definition) is 2. The lowest BCUT2D eigenvalue weighted by Crippen LogP contribution is -2.28. The number of likely N-dealkylation sites (N-methyl/N-ethyl adjacent to an activating group) is 1. The van der Waals surface area contributed by atoms with Gasteiger partial charge in [0.15, 0.2) is 0 Å². The van der Waals surface area contributed by atoms with Crippen molar-refractivity contribution >= 4 is 5.97 Å². The van der Waals surface area contributed by atoms with Crippen molar-refractivity contribution in [2.45, 2.75) is 31.7 Å². The van der Waals surface area contributed by atoms with Crippen LogP contribution in [0.1, 0.15) is 42.9 Å². The summed E-state index contributed by atoms with van der Waals surface area (Å²) in [6, 6.07) is 7.38. The van der Waals surface area contributed by atoms with E-state index in [9.17, 15) is 4.79 Å². The average molecular weight is 219 g/mol. The van der Waals surface area contributed by atoms with Gasteiger partial charge in [-0.05, 0) is 36.4 Å². The molecule has 1 fully saturated rings. The van der Waals surface area contributed by atoms with Gasteiger partial charge in [0.2, 0.25) is 0 Å². The Bertz CT molecular complexity index is 368. The zero-order valence-corrected chi connectivity index (χ0v) is 9.44. The van der Waals surface area contributed by atoms with E-state index >= 15 is 0 Å². The zero-order chi connectivity index (χ0) is 11.5. The Labute approximate surface area is 95.5 Å². The molecule has 0 spiro atoms. The first-order valence-corrected chi connectivity index (χ1v) is 5.78. The Balaban J connectivity index is 2.14. The molecular formula is C13H17NO2. The summed E-state index contributed by atoms with van der Waals surface area (Å²) < 4.78 is 0. The second kappa shape index (κ2) is 4.66. The van der Waals surface area contributed by atoms with Gasteiger partial charge in [-0.3, -0.25) is 4.79 Å². The van der Waals surface area contributed by atoms with Gasteiger partial charge in [-0.1, -0.05) is 31.2 Å². The van der Waals surface area contributed by atoms with Crippen molar-refractivity contribution in [2.24, 2.45) is 0 Å². The molecule has 16 heavy (non-hydrogen) atoms. The third kappa shape index (κ3) is 2.42. The summed E-state index contributed by atoms with van der Waals surface area (Å²) >= 11 is 0. The second-order valence-corrected chi connectivity index (χ2v) is 4.27. The Morgan fingerprint density at radius 2 is 2.06 bits per heavy atom. The maximum absolute atomic E-state index is 11.1. The minimum atomic E-state index is -0.818. The van der Waals surface area contributed by atoms with Crippen molar-refractivity contribution in [3.63, 3.8) is 0 Å². The molecule has 0 aliphatic heterocycles. The molecule has 1 aromatic carbocycles. The first-order valence-electron chi connectivity index (χ1n) is 5.78. The summed E-state index contributed by atoms with van der Waals surface area (Å²) in [6.45, 7) is 2.57. The molecule has 0 saturated heterocycles. The van der Waals surface area contributed by atoms with Gasteiger partial charge in [-0.25, -0.2) is 0 Å². The largest absolute Gasteiger partial charge is 0.480 e. The molecule has 0 amide bonds. The minimum absolute atomic E-state index is 0.585. The predicted molar refractivity (Wildman–Crippen MR) is 62.5 cm³/mol. The van der Waals surface area contributed by atoms with Crippen molar-refractivity contribution in [2.75, 3.05) is 6.54 Å². The van der Waals surface area contributed by atoms with Gasteiger partial charge < -0.3 is 10.4 Å². The van der Waals surface area contributed by atoms with Crippen molar-refractivity contribution < 1.29 is 9.90 Å². The van der Waals surface area contributed by atoms with Gasteiger partial charge in [-0.15, -0.1) is 0 Å². The Morgan fingerprint density at radius 1 is 1.44 bits per heavy atom. The second-order valence-electron chi connectivity index (χ2n) is 4.27. The highest BCUT2D eigenvalue weighted by atomic mass is 16.4. The molecule has 0 radical (unpaired) electrons. The molecule has 3 nitrogen and oxygen atoms in total. The molecule has 1 aliphatic carbocycles. The van der Waals surface area contributed by atoms with Crippen LogP contribution in [0.25, 0.3) is 0 Å². The van der Waals surface area contributed by atoms with E-state index in [4.69, 9.17) is 5.11 Å². The SMILES string of the molecule is CCNC(C(=O)O)c1ccc(C2CC2)cc1. The van der Waals surface area contributed by atoms with Crippen LogP contribution in [-0.2, 0) is 4.79 Å². The molecule has 2 N–H and O–H groups in total. The topological polar surface area (TPSA) is 49.3 Å². The fourth-order valence-electron chi connectivity index (χ4n) is 1.93. The zero-order valence-electron chi connectivity index (χ0n) is 9.44. The van der Waals surface area contributed by atoms with Crippen LogP contribution < -0.4 is 5.32 Å². The highest BCUT2D eigenvalue weighted by Crippen LogP contribution is 2.40. The van der Waals surface area contributed by atoms with E-state index in [1.807, 2.05) is 19.1 Å². The third-order valence-corrected chi connectivity index (χ3v) is 2.97. The first-order chi connectivity index (χ1) is 7.72. The number of hydrogen-bond acceptors (Lipinski definition) is 2. The van der Waals surface area contributed by atoms with Crippen LogP contribution in [-0.4, -0.2) is 17.6 Å². The lowest BCUT2D eigenvalue weighted by atomic mass is 10.0. The normalized spacial score (nSPS) is 17.1. The van der Waals surface area contributed by atoms with Crippen LogP contribution in [0.3, 0.4) is 0 Å². The van der Waals surface area contributed by atoms with Crippen LogP contribution >= 0.6 is 0 Å². The van der Waals surface area contributed by atoms with Crippen LogP contribution in [0.5, 0.6) is 0 Å². The number of carboxylic acids is 1. The van der Waals surface area contributed by atoms with E-state index in [2.05, 4.69) is 17.4 Å². The van der Waals surface area contributed by atoms with Gasteiger partial charge in [-0.2, -0.15) is 0 Å². The molecule has 1 aliphatic rings. The first kappa shape index (κ1) is 11.1. The third-order valence-electron chi connectivity index (χ3n) is 2.97. The van der Waals surface area contributed by atoms with Crippen molar-refractivity contribution in [3.8, 4) is 0 Å². The number of aliphatic carboxylic acids is 1. The van der Waals surface area contributed by atoms with Crippen LogP contribution in [0, 0.1) is 0 Å². The van der Waals surface area contributed by atoms with E-state index in [1.54, 1.807) is 0 Å². The van der Waals surface area contributed by atoms with E-state index in [0.29, 0.717) is 6.54 Å². The molecule has 0 bridgehead atoms. The van der Waals surface area contributed by atoms with Crippen molar-refractivity contribution in [1.82, 2.24) is 5.32 Å². The summed E-state index contributed by atoms with van der Waals surface area (Å²) in [4.78, 5) is 11.1. The van der Waals surface area contributed by atoms with Crippen molar-refractivity contribution in [1.29, 1.82) is 0 Å². The average Bonchev–Trinajstić information content (AvgIpc) is 3.10. The molecule has 0 aromatic heterocycles. The Morgan fingerprint density at radius 3 is 2.50 bits per heavy atom. The highest BCUT2D eigenvalue weighted by Gasteiger charge is 2.24. The molecular weight excluding hydrogens is 202 g/mol. The summed E-state index contributed by atoms with van der Waals surface area (Å²) in [5, 5.41) is 12.0. The Hall–Kier alpha value is -1.35. The van der Waals surface area contributed by atoms with E-state index in [1.165, 1.54) is 18.4 Å². The molecule has 3 heteroatoms. The van der Waals surface area contributed by atoms with E-state index in [-0.39, 0.29) is 0 Å². The van der Waals surface area contributed by atoms with Crippen LogP contribution in [0.2, 0.25) is 0 Å². The number of carbonyl (C=O) groups is 1. The number of benzene rings is 1. The summed E-state index contributed by atoms with van der Waals surface area (Å²) in [6.07, 6.45) is 2.55. The maximum atomic E-state index is 11.1. The molecule has 0 heterocycles. The summed E-state index contributed by atoms with van der Waals surface area (Å²) in [5.74, 6) is -0.0996. The highest BCUT2D eigenvalue weighted by molar-refractivity contribution is 5.75. The van der Waals surface area contributed by atoms with Gasteiger partial charge in [0.25, 0.3) is 0 Å². The molecule has 1 unspecified atom stereocenters. The monoisotopic (exact) mass is 219 g/mol. The van der Waals surface area contributed by atoms with Gasteiger partial charge >= 0.3 is 5.97 Å². The number of carboxylic acid groups (broad SMARTS) is 1. The fourth-order valence-corrected chi connectivity index (χ4v) is 1.93. The summed E-state index contributed by atoms with van der Waals surface area (Å²) in [5.41, 5.74) is 2.17. The van der Waals surface area contributed by atoms with E-state index in [0.717, 1.165) is 11.5 Å².